The van der Waals surface area contributed by atoms with Crippen LogP contribution in [-0.4, -0.2) is 30.5 Å². The van der Waals surface area contributed by atoms with Gasteiger partial charge in [0.15, 0.2) is 0 Å². The van der Waals surface area contributed by atoms with Gasteiger partial charge in [0.25, 0.3) is 0 Å². The Morgan fingerprint density at radius 3 is 2.91 bits per heavy atom. The van der Waals surface area contributed by atoms with Gasteiger partial charge in [-0.1, -0.05) is 6.07 Å². The van der Waals surface area contributed by atoms with Crippen molar-refractivity contribution in [2.24, 2.45) is 5.73 Å². The molecule has 3 N–H and O–H groups in total. The van der Waals surface area contributed by atoms with Crippen LogP contribution in [0.25, 0.3) is 10.9 Å². The fourth-order valence-corrected chi connectivity index (χ4v) is 2.78. The second-order valence-corrected chi connectivity index (χ2v) is 5.72. The van der Waals surface area contributed by atoms with Gasteiger partial charge in [-0.15, -0.1) is 0 Å². The Kier molecular flexibility index (Phi) is 3.70. The van der Waals surface area contributed by atoms with Crippen LogP contribution in [0.3, 0.4) is 0 Å². The van der Waals surface area contributed by atoms with Crippen molar-refractivity contribution in [3.05, 3.63) is 35.1 Å². The molecule has 1 fully saturated rings. The summed E-state index contributed by atoms with van der Waals surface area (Å²) in [6.45, 7) is 5.21. The molecule has 1 aliphatic heterocycles. The first-order valence-electron chi connectivity index (χ1n) is 7.34. The number of amides is 1. The largest absolute Gasteiger partial charge is 0.353 e. The summed E-state index contributed by atoms with van der Waals surface area (Å²) in [6, 6.07) is 4.62. The van der Waals surface area contributed by atoms with Crippen molar-refractivity contribution in [3.8, 4) is 0 Å². The lowest BCUT2D eigenvalue weighted by atomic mass is 10.0. The summed E-state index contributed by atoms with van der Waals surface area (Å²) < 4.78 is 14.1. The smallest absolute Gasteiger partial charge is 0.239 e. The number of rotatable bonds is 2. The Morgan fingerprint density at radius 2 is 2.23 bits per heavy atom. The van der Waals surface area contributed by atoms with E-state index in [1.54, 1.807) is 12.1 Å². The molecule has 2 aromatic rings. The van der Waals surface area contributed by atoms with Crippen molar-refractivity contribution < 1.29 is 9.18 Å². The van der Waals surface area contributed by atoms with Crippen LogP contribution in [-0.2, 0) is 4.79 Å². The first-order chi connectivity index (χ1) is 10.5. The topological polar surface area (TPSA) is 71.2 Å². The van der Waals surface area contributed by atoms with Crippen LogP contribution in [0.5, 0.6) is 0 Å². The molecule has 116 valence electrons. The van der Waals surface area contributed by atoms with Crippen LogP contribution >= 0.6 is 0 Å². The average molecular weight is 302 g/mol. The van der Waals surface area contributed by atoms with Gasteiger partial charge in [-0.3, -0.25) is 4.79 Å². The number of nitrogens with zero attached hydrogens (tertiary/aromatic N) is 2. The maximum Gasteiger partial charge on any atom is 0.239 e. The predicted molar refractivity (Wildman–Crippen MR) is 84.3 cm³/mol. The third-order valence-electron chi connectivity index (χ3n) is 3.97. The number of aryl methyl sites for hydroxylation is 1. The summed E-state index contributed by atoms with van der Waals surface area (Å²) in [5.41, 5.74) is 8.32. The van der Waals surface area contributed by atoms with Crippen molar-refractivity contribution >= 4 is 22.6 Å². The third kappa shape index (κ3) is 2.50. The number of carbonyl (C=O) groups excluding carboxylic acids is 1. The second-order valence-electron chi connectivity index (χ2n) is 5.72. The summed E-state index contributed by atoms with van der Waals surface area (Å²) >= 11 is 0. The molecule has 22 heavy (non-hydrogen) atoms. The number of nitrogens with two attached hydrogens (primary N) is 1. The molecule has 0 bridgehead atoms. The number of nitrogens with one attached hydrogen (secondary N) is 1. The van der Waals surface area contributed by atoms with Crippen molar-refractivity contribution in [2.45, 2.75) is 19.9 Å². The Balaban J connectivity index is 2.21. The third-order valence-corrected chi connectivity index (χ3v) is 3.97. The molecule has 0 unspecified atom stereocenters. The first kappa shape index (κ1) is 14.7. The molecule has 1 aromatic heterocycles. The SMILES string of the molecule is Cc1ccc(F)c2cc([C@H](C)N)c(N3CCNC(=O)C3)nc12. The van der Waals surface area contributed by atoms with E-state index < -0.39 is 0 Å². The Bertz CT molecular complexity index is 744. The first-order valence-corrected chi connectivity index (χ1v) is 7.34. The minimum atomic E-state index is -0.307. The van der Waals surface area contributed by atoms with Gasteiger partial charge in [-0.05, 0) is 31.5 Å². The lowest BCUT2D eigenvalue weighted by Crippen LogP contribution is -2.48. The second kappa shape index (κ2) is 5.53. The Morgan fingerprint density at radius 1 is 1.45 bits per heavy atom. The highest BCUT2D eigenvalue weighted by molar-refractivity contribution is 5.87. The van der Waals surface area contributed by atoms with E-state index in [4.69, 9.17) is 5.73 Å². The van der Waals surface area contributed by atoms with Crippen molar-refractivity contribution in [1.29, 1.82) is 0 Å². The van der Waals surface area contributed by atoms with E-state index in [0.717, 1.165) is 11.1 Å². The quantitative estimate of drug-likeness (QED) is 0.884. The number of hydrogen-bond donors (Lipinski definition) is 2. The molecule has 0 saturated carbocycles. The van der Waals surface area contributed by atoms with Crippen molar-refractivity contribution in [1.82, 2.24) is 10.3 Å². The average Bonchev–Trinajstić information content (AvgIpc) is 2.50. The molecule has 1 atom stereocenters. The van der Waals surface area contributed by atoms with Gasteiger partial charge >= 0.3 is 0 Å². The van der Waals surface area contributed by atoms with E-state index in [-0.39, 0.29) is 24.3 Å². The van der Waals surface area contributed by atoms with E-state index in [9.17, 15) is 9.18 Å². The van der Waals surface area contributed by atoms with Gasteiger partial charge in [0.2, 0.25) is 5.91 Å². The zero-order valence-electron chi connectivity index (χ0n) is 12.7. The monoisotopic (exact) mass is 302 g/mol. The summed E-state index contributed by atoms with van der Waals surface area (Å²) in [7, 11) is 0. The molecular formula is C16H19FN4O. The molecular weight excluding hydrogens is 283 g/mol. The number of carbonyl (C=O) groups is 1. The van der Waals surface area contributed by atoms with Gasteiger partial charge in [0.1, 0.15) is 11.6 Å². The standard InChI is InChI=1S/C16H19FN4O/c1-9-3-4-13(17)12-7-11(10(2)18)16(20-15(9)12)21-6-5-19-14(22)8-21/h3-4,7,10H,5-6,8,18H2,1-2H3,(H,19,22)/t10-/m0/s1. The Labute approximate surface area is 128 Å². The highest BCUT2D eigenvalue weighted by Gasteiger charge is 2.23. The van der Waals surface area contributed by atoms with Crippen LogP contribution in [0, 0.1) is 12.7 Å². The number of halogens is 1. The highest BCUT2D eigenvalue weighted by atomic mass is 19.1. The van der Waals surface area contributed by atoms with Crippen molar-refractivity contribution in [2.75, 3.05) is 24.5 Å². The minimum absolute atomic E-state index is 0.0419. The van der Waals surface area contributed by atoms with Gasteiger partial charge in [-0.2, -0.15) is 0 Å². The minimum Gasteiger partial charge on any atom is -0.353 e. The van der Waals surface area contributed by atoms with E-state index in [1.165, 1.54) is 6.07 Å². The molecule has 0 radical (unpaired) electrons. The zero-order chi connectivity index (χ0) is 15.9. The molecule has 0 aliphatic carbocycles. The normalized spacial score (nSPS) is 16.7. The van der Waals surface area contributed by atoms with E-state index in [1.807, 2.05) is 18.7 Å². The molecule has 1 aromatic carbocycles. The Hall–Kier alpha value is -2.21. The summed E-state index contributed by atoms with van der Waals surface area (Å²) in [6.07, 6.45) is 0. The van der Waals surface area contributed by atoms with E-state index in [2.05, 4.69) is 10.3 Å². The molecule has 2 heterocycles. The van der Waals surface area contributed by atoms with E-state index in [0.29, 0.717) is 29.8 Å². The maximum absolute atomic E-state index is 14.1. The number of anilines is 1. The van der Waals surface area contributed by atoms with Gasteiger partial charge in [-0.25, -0.2) is 9.37 Å². The summed E-state index contributed by atoms with van der Waals surface area (Å²) in [5, 5.41) is 3.26. The molecule has 1 amide bonds. The molecule has 1 saturated heterocycles. The maximum atomic E-state index is 14.1. The number of hydrogen-bond acceptors (Lipinski definition) is 4. The van der Waals surface area contributed by atoms with Gasteiger partial charge < -0.3 is 16.0 Å². The number of fused-ring (bicyclic) bond motifs is 1. The van der Waals surface area contributed by atoms with Crippen LogP contribution in [0.1, 0.15) is 24.1 Å². The van der Waals surface area contributed by atoms with Crippen LogP contribution in [0.4, 0.5) is 10.2 Å². The number of benzene rings is 1. The van der Waals surface area contributed by atoms with Crippen molar-refractivity contribution in [3.63, 3.8) is 0 Å². The summed E-state index contributed by atoms with van der Waals surface area (Å²) in [5.74, 6) is 0.323. The molecule has 1 aliphatic rings. The fourth-order valence-electron chi connectivity index (χ4n) is 2.78. The lowest BCUT2D eigenvalue weighted by Gasteiger charge is -2.30. The lowest BCUT2D eigenvalue weighted by molar-refractivity contribution is -0.120. The predicted octanol–water partition coefficient (Wildman–Crippen LogP) is 1.64. The highest BCUT2D eigenvalue weighted by Crippen LogP contribution is 2.30. The number of piperazine rings is 1. The molecule has 3 rings (SSSR count). The zero-order valence-corrected chi connectivity index (χ0v) is 12.7. The summed E-state index contributed by atoms with van der Waals surface area (Å²) in [4.78, 5) is 18.2. The van der Waals surface area contributed by atoms with Gasteiger partial charge in [0.05, 0.1) is 12.1 Å². The molecule has 5 nitrogen and oxygen atoms in total. The molecule has 0 spiro atoms. The number of pyridine rings is 1. The van der Waals surface area contributed by atoms with Crippen LogP contribution < -0.4 is 16.0 Å². The molecule has 6 heteroatoms. The van der Waals surface area contributed by atoms with E-state index >= 15 is 0 Å². The fraction of sp³-hybridized carbons (Fsp3) is 0.375. The van der Waals surface area contributed by atoms with Gasteiger partial charge in [0, 0.05) is 30.1 Å². The number of aromatic nitrogens is 1. The van der Waals surface area contributed by atoms with Crippen LogP contribution in [0.15, 0.2) is 18.2 Å². The van der Waals surface area contributed by atoms with Crippen LogP contribution in [0.2, 0.25) is 0 Å².